The van der Waals surface area contributed by atoms with Crippen LogP contribution in [0.15, 0.2) is 53.4 Å². The highest BCUT2D eigenvalue weighted by Gasteiger charge is 2.28. The van der Waals surface area contributed by atoms with Gasteiger partial charge in [-0.25, -0.2) is 13.1 Å². The highest BCUT2D eigenvalue weighted by Crippen LogP contribution is 2.25. The second-order valence-corrected chi connectivity index (χ2v) is 9.32. The summed E-state index contributed by atoms with van der Waals surface area (Å²) >= 11 is 6.28. The molecular weight excluding hydrogens is 396 g/mol. The number of nitrogens with zero attached hydrogens (tertiary/aromatic N) is 1. The van der Waals surface area contributed by atoms with Crippen molar-refractivity contribution >= 4 is 27.5 Å². The van der Waals surface area contributed by atoms with Crippen molar-refractivity contribution < 1.29 is 13.2 Å². The molecule has 1 fully saturated rings. The van der Waals surface area contributed by atoms with Crippen molar-refractivity contribution in [3.8, 4) is 0 Å². The number of amides is 1. The first-order valence-electron chi connectivity index (χ1n) is 9.46. The summed E-state index contributed by atoms with van der Waals surface area (Å²) in [5.41, 5.74) is 2.03. The first-order valence-corrected chi connectivity index (χ1v) is 11.3. The molecule has 0 saturated carbocycles. The molecule has 1 aliphatic rings. The fraction of sp³-hybridized carbons (Fsp3) is 0.381. The molecule has 0 radical (unpaired) electrons. The van der Waals surface area contributed by atoms with E-state index in [1.54, 1.807) is 24.3 Å². The lowest BCUT2D eigenvalue weighted by atomic mass is 10.0. The van der Waals surface area contributed by atoms with Crippen molar-refractivity contribution in [2.24, 2.45) is 0 Å². The molecule has 1 aliphatic heterocycles. The van der Waals surface area contributed by atoms with Crippen LogP contribution in [0.3, 0.4) is 0 Å². The lowest BCUT2D eigenvalue weighted by molar-refractivity contribution is -0.131. The van der Waals surface area contributed by atoms with Crippen molar-refractivity contribution in [3.63, 3.8) is 0 Å². The first kappa shape index (κ1) is 20.8. The van der Waals surface area contributed by atoms with Gasteiger partial charge in [-0.15, -0.1) is 0 Å². The van der Waals surface area contributed by atoms with Crippen molar-refractivity contribution in [2.75, 3.05) is 13.6 Å². The standard InChI is InChI=1S/C21H25ClN2O3S/c1-23-28(26,27)19-11-8-16(9-12-19)10-13-21(25)24-14-4-6-18(24)15-17-5-2-3-7-20(17)22/h2-3,5,7-9,11-12,18,23H,4,6,10,13-15H2,1H3. The van der Waals surface area contributed by atoms with Gasteiger partial charge in [-0.05, 0) is 62.1 Å². The molecule has 5 nitrogen and oxygen atoms in total. The minimum Gasteiger partial charge on any atom is -0.339 e. The van der Waals surface area contributed by atoms with Crippen LogP contribution < -0.4 is 4.72 Å². The predicted molar refractivity (Wildman–Crippen MR) is 111 cm³/mol. The number of carbonyl (C=O) groups is 1. The van der Waals surface area contributed by atoms with Gasteiger partial charge in [-0.2, -0.15) is 0 Å². The molecule has 1 heterocycles. The van der Waals surface area contributed by atoms with Gasteiger partial charge in [0.1, 0.15) is 0 Å². The largest absolute Gasteiger partial charge is 0.339 e. The fourth-order valence-corrected chi connectivity index (χ4v) is 4.59. The van der Waals surface area contributed by atoms with Gasteiger partial charge in [-0.1, -0.05) is 41.9 Å². The van der Waals surface area contributed by atoms with Gasteiger partial charge in [0, 0.05) is 24.0 Å². The Balaban J connectivity index is 1.59. The third-order valence-corrected chi connectivity index (χ3v) is 7.04. The molecule has 2 aromatic rings. The SMILES string of the molecule is CNS(=O)(=O)c1ccc(CCC(=O)N2CCCC2Cc2ccccc2Cl)cc1. The third kappa shape index (κ3) is 4.93. The molecule has 150 valence electrons. The van der Waals surface area contributed by atoms with E-state index >= 15 is 0 Å². The van der Waals surface area contributed by atoms with Crippen LogP contribution in [-0.4, -0.2) is 38.9 Å². The zero-order valence-electron chi connectivity index (χ0n) is 15.9. The molecule has 1 amide bonds. The average molecular weight is 421 g/mol. The van der Waals surface area contributed by atoms with E-state index < -0.39 is 10.0 Å². The number of benzene rings is 2. The summed E-state index contributed by atoms with van der Waals surface area (Å²) in [6.07, 6.45) is 3.79. The fourth-order valence-electron chi connectivity index (χ4n) is 3.64. The number of rotatable bonds is 7. The minimum absolute atomic E-state index is 0.140. The van der Waals surface area contributed by atoms with Crippen LogP contribution >= 0.6 is 11.6 Å². The van der Waals surface area contributed by atoms with Crippen molar-refractivity contribution in [3.05, 3.63) is 64.7 Å². The molecule has 1 saturated heterocycles. The number of nitrogens with one attached hydrogen (secondary N) is 1. The zero-order chi connectivity index (χ0) is 20.1. The number of sulfonamides is 1. The molecule has 2 aromatic carbocycles. The minimum atomic E-state index is -3.44. The molecule has 28 heavy (non-hydrogen) atoms. The van der Waals surface area contributed by atoms with E-state index in [0.29, 0.717) is 12.8 Å². The number of carbonyl (C=O) groups excluding carboxylic acids is 1. The maximum atomic E-state index is 12.8. The number of aryl methyl sites for hydroxylation is 1. The summed E-state index contributed by atoms with van der Waals surface area (Å²) in [5, 5.41) is 0.749. The molecule has 3 rings (SSSR count). The van der Waals surface area contributed by atoms with Crippen molar-refractivity contribution in [1.82, 2.24) is 9.62 Å². The van der Waals surface area contributed by atoms with Crippen LogP contribution in [0.2, 0.25) is 5.02 Å². The second kappa shape index (κ2) is 9.07. The van der Waals surface area contributed by atoms with E-state index in [1.165, 1.54) is 7.05 Å². The molecule has 7 heteroatoms. The maximum Gasteiger partial charge on any atom is 0.240 e. The molecule has 0 aromatic heterocycles. The number of halogens is 1. The smallest absolute Gasteiger partial charge is 0.240 e. The van der Waals surface area contributed by atoms with Crippen LogP contribution in [0, 0.1) is 0 Å². The Morgan fingerprint density at radius 3 is 2.57 bits per heavy atom. The topological polar surface area (TPSA) is 66.5 Å². The molecule has 0 aliphatic carbocycles. The van der Waals surface area contributed by atoms with E-state index in [-0.39, 0.29) is 16.8 Å². The maximum absolute atomic E-state index is 12.8. The van der Waals surface area contributed by atoms with Crippen molar-refractivity contribution in [1.29, 1.82) is 0 Å². The Morgan fingerprint density at radius 1 is 1.18 bits per heavy atom. The number of hydrogen-bond acceptors (Lipinski definition) is 3. The highest BCUT2D eigenvalue weighted by molar-refractivity contribution is 7.89. The Morgan fingerprint density at radius 2 is 1.89 bits per heavy atom. The van der Waals surface area contributed by atoms with E-state index in [9.17, 15) is 13.2 Å². The zero-order valence-corrected chi connectivity index (χ0v) is 17.5. The molecule has 0 bridgehead atoms. The van der Waals surface area contributed by atoms with Gasteiger partial charge in [0.05, 0.1) is 4.90 Å². The normalized spacial score (nSPS) is 17.1. The van der Waals surface area contributed by atoms with Gasteiger partial charge in [-0.3, -0.25) is 4.79 Å². The molecule has 0 spiro atoms. The van der Waals surface area contributed by atoms with Gasteiger partial charge >= 0.3 is 0 Å². The summed E-state index contributed by atoms with van der Waals surface area (Å²) in [4.78, 5) is 15.0. The number of likely N-dealkylation sites (tertiary alicyclic amines) is 1. The van der Waals surface area contributed by atoms with E-state index in [2.05, 4.69) is 4.72 Å². The summed E-state index contributed by atoms with van der Waals surface area (Å²) in [7, 11) is -2.05. The van der Waals surface area contributed by atoms with Gasteiger partial charge < -0.3 is 4.90 Å². The lowest BCUT2D eigenvalue weighted by Gasteiger charge is -2.25. The summed E-state index contributed by atoms with van der Waals surface area (Å²) < 4.78 is 25.9. The lowest BCUT2D eigenvalue weighted by Crippen LogP contribution is -2.37. The summed E-state index contributed by atoms with van der Waals surface area (Å²) in [5.74, 6) is 0.140. The highest BCUT2D eigenvalue weighted by atomic mass is 35.5. The molecule has 1 atom stereocenters. The van der Waals surface area contributed by atoms with Crippen LogP contribution in [-0.2, 0) is 27.7 Å². The van der Waals surface area contributed by atoms with Gasteiger partial charge in [0.15, 0.2) is 0 Å². The third-order valence-electron chi connectivity index (χ3n) is 5.24. The Hall–Kier alpha value is -1.89. The van der Waals surface area contributed by atoms with Crippen LogP contribution in [0.5, 0.6) is 0 Å². The monoisotopic (exact) mass is 420 g/mol. The quantitative estimate of drug-likeness (QED) is 0.746. The Bertz CT molecular complexity index is 929. The van der Waals surface area contributed by atoms with Gasteiger partial charge in [0.25, 0.3) is 0 Å². The van der Waals surface area contributed by atoms with Gasteiger partial charge in [0.2, 0.25) is 15.9 Å². The second-order valence-electron chi connectivity index (χ2n) is 7.03. The molecule has 1 unspecified atom stereocenters. The van der Waals surface area contributed by atoms with Crippen LogP contribution in [0.25, 0.3) is 0 Å². The Kier molecular flexibility index (Phi) is 6.75. The summed E-state index contributed by atoms with van der Waals surface area (Å²) in [6.45, 7) is 0.785. The van der Waals surface area contributed by atoms with E-state index in [4.69, 9.17) is 11.6 Å². The predicted octanol–water partition coefficient (Wildman–Crippen LogP) is 3.41. The Labute approximate surface area is 171 Å². The van der Waals surface area contributed by atoms with E-state index in [1.807, 2.05) is 29.2 Å². The average Bonchev–Trinajstić information content (AvgIpc) is 3.16. The first-order chi connectivity index (χ1) is 13.4. The molecular formula is C21H25ClN2O3S. The van der Waals surface area contributed by atoms with Crippen LogP contribution in [0.1, 0.15) is 30.4 Å². The van der Waals surface area contributed by atoms with Crippen molar-refractivity contribution in [2.45, 2.75) is 43.0 Å². The van der Waals surface area contributed by atoms with E-state index in [0.717, 1.165) is 42.0 Å². The summed E-state index contributed by atoms with van der Waals surface area (Å²) in [6, 6.07) is 14.7. The molecule has 1 N–H and O–H groups in total. The van der Waals surface area contributed by atoms with Crippen LogP contribution in [0.4, 0.5) is 0 Å². The number of hydrogen-bond donors (Lipinski definition) is 1.